The van der Waals surface area contributed by atoms with Crippen molar-refractivity contribution in [1.29, 1.82) is 0 Å². The van der Waals surface area contributed by atoms with Gasteiger partial charge < -0.3 is 20.9 Å². The second-order valence-electron chi connectivity index (χ2n) is 4.53. The number of nitrogens with one attached hydrogen (secondary N) is 1. The van der Waals surface area contributed by atoms with E-state index in [2.05, 4.69) is 0 Å². The number of nitrogens with two attached hydrogens (primary N) is 1. The molecule has 1 aromatic carbocycles. The smallest absolute Gasteiger partial charge is 0.342 e. The molecule has 0 bridgehead atoms. The van der Waals surface area contributed by atoms with Gasteiger partial charge in [-0.05, 0) is 34.2 Å². The van der Waals surface area contributed by atoms with E-state index in [9.17, 15) is 34.7 Å². The molecule has 11 heteroatoms. The largest absolute Gasteiger partial charge is 0.478 e. The van der Waals surface area contributed by atoms with Gasteiger partial charge in [0.15, 0.2) is 0 Å². The fraction of sp³-hybridized carbons (Fsp3) is 0. The minimum atomic E-state index is -1.69. The highest BCUT2D eigenvalue weighted by atomic mass is 127. The molecule has 124 valence electrons. The molecule has 0 saturated heterocycles. The van der Waals surface area contributed by atoms with Crippen LogP contribution in [0, 0.1) is 13.7 Å². The lowest BCUT2D eigenvalue weighted by atomic mass is 9.95. The summed E-state index contributed by atoms with van der Waals surface area (Å²) in [7, 11) is 0. The normalized spacial score (nSPS) is 10.4. The Morgan fingerprint density at radius 3 is 2.29 bits per heavy atom. The monoisotopic (exact) mass is 445 g/mol. The summed E-state index contributed by atoms with van der Waals surface area (Å²) in [6.45, 7) is 0. The van der Waals surface area contributed by atoms with Gasteiger partial charge in [0, 0.05) is 11.6 Å². The third kappa shape index (κ3) is 2.92. The summed E-state index contributed by atoms with van der Waals surface area (Å²) in [5.41, 5.74) is 1.90. The Morgan fingerprint density at radius 2 is 1.79 bits per heavy atom. The van der Waals surface area contributed by atoms with Crippen LogP contribution in [0.2, 0.25) is 0 Å². The lowest BCUT2D eigenvalue weighted by Gasteiger charge is -2.12. The van der Waals surface area contributed by atoms with Crippen LogP contribution < -0.4 is 11.3 Å². The summed E-state index contributed by atoms with van der Waals surface area (Å²) in [4.78, 5) is 47.0. The number of aromatic amines is 1. The summed E-state index contributed by atoms with van der Waals surface area (Å²) < 4.78 is 0.257. The van der Waals surface area contributed by atoms with Crippen molar-refractivity contribution in [2.24, 2.45) is 0 Å². The molecule has 0 atom stereocenters. The number of H-pyrrole nitrogens is 1. The molecule has 1 aromatic heterocycles. The van der Waals surface area contributed by atoms with Crippen LogP contribution in [0.5, 0.6) is 0 Å². The number of hydrogen-bond donors (Lipinski definition) is 4. The number of nitrogens with zero attached hydrogens (tertiary/aromatic N) is 1. The molecule has 0 aliphatic carbocycles. The third-order valence-electron chi connectivity index (χ3n) is 3.10. The topological polar surface area (TPSA) is 177 Å². The maximum Gasteiger partial charge on any atom is 0.342 e. The van der Waals surface area contributed by atoms with Crippen molar-refractivity contribution in [3.8, 4) is 11.1 Å². The zero-order chi connectivity index (χ0) is 18.2. The molecule has 2 rings (SSSR count). The number of nitro benzene ring substituents is 1. The Bertz CT molecular complexity index is 951. The zero-order valence-corrected chi connectivity index (χ0v) is 13.7. The van der Waals surface area contributed by atoms with Gasteiger partial charge in [-0.2, -0.15) is 0 Å². The Kier molecular flexibility index (Phi) is 4.54. The molecular weight excluding hydrogens is 437 g/mol. The summed E-state index contributed by atoms with van der Waals surface area (Å²) in [6.07, 6.45) is 0. The Balaban J connectivity index is 2.99. The van der Waals surface area contributed by atoms with E-state index in [1.807, 2.05) is 4.98 Å². The van der Waals surface area contributed by atoms with Crippen LogP contribution in [-0.4, -0.2) is 32.1 Å². The molecule has 5 N–H and O–H groups in total. The predicted octanol–water partition coefficient (Wildman–Crippen LogP) is 1.53. The van der Waals surface area contributed by atoms with Crippen LogP contribution in [0.1, 0.15) is 20.7 Å². The van der Waals surface area contributed by atoms with Gasteiger partial charge in [0.25, 0.3) is 11.2 Å². The van der Waals surface area contributed by atoms with Crippen molar-refractivity contribution in [1.82, 2.24) is 4.98 Å². The minimum Gasteiger partial charge on any atom is -0.478 e. The summed E-state index contributed by atoms with van der Waals surface area (Å²) in [6, 6.07) is 3.58. The molecular formula is C13H8IN3O7. The summed E-state index contributed by atoms with van der Waals surface area (Å²) >= 11 is 1.70. The number of benzene rings is 1. The van der Waals surface area contributed by atoms with Gasteiger partial charge >= 0.3 is 11.9 Å². The van der Waals surface area contributed by atoms with E-state index in [4.69, 9.17) is 5.73 Å². The van der Waals surface area contributed by atoms with Crippen LogP contribution in [-0.2, 0) is 0 Å². The molecule has 0 spiro atoms. The summed E-state index contributed by atoms with van der Waals surface area (Å²) in [5, 5.41) is 29.6. The number of nitro groups is 1. The van der Waals surface area contributed by atoms with Gasteiger partial charge in [0.2, 0.25) is 0 Å². The van der Waals surface area contributed by atoms with Crippen molar-refractivity contribution in [2.75, 3.05) is 5.73 Å². The van der Waals surface area contributed by atoms with Crippen LogP contribution in [0.15, 0.2) is 23.0 Å². The number of aromatic nitrogens is 1. The fourth-order valence-corrected chi connectivity index (χ4v) is 2.68. The third-order valence-corrected chi connectivity index (χ3v) is 4.02. The molecule has 0 fully saturated rings. The predicted molar refractivity (Wildman–Crippen MR) is 90.2 cm³/mol. The first-order chi connectivity index (χ1) is 11.1. The van der Waals surface area contributed by atoms with Crippen molar-refractivity contribution in [3.63, 3.8) is 0 Å². The van der Waals surface area contributed by atoms with Crippen LogP contribution >= 0.6 is 22.6 Å². The van der Waals surface area contributed by atoms with Gasteiger partial charge in [-0.25, -0.2) is 9.59 Å². The van der Waals surface area contributed by atoms with Crippen molar-refractivity contribution in [3.05, 3.63) is 53.4 Å². The molecule has 1 heterocycles. The van der Waals surface area contributed by atoms with Gasteiger partial charge in [0.1, 0.15) is 16.9 Å². The van der Waals surface area contributed by atoms with Gasteiger partial charge in [0.05, 0.1) is 8.49 Å². The SMILES string of the molecule is Nc1[nH]c(=O)c(C(=O)O)c(-c2ccc(I)c([N+](=O)[O-])c2)c1C(=O)O. The Hall–Kier alpha value is -2.96. The van der Waals surface area contributed by atoms with E-state index in [1.54, 1.807) is 22.6 Å². The van der Waals surface area contributed by atoms with E-state index < -0.39 is 44.9 Å². The molecule has 10 nitrogen and oxygen atoms in total. The molecule has 24 heavy (non-hydrogen) atoms. The second-order valence-corrected chi connectivity index (χ2v) is 5.69. The van der Waals surface area contributed by atoms with E-state index in [1.165, 1.54) is 12.1 Å². The molecule has 0 amide bonds. The molecule has 0 aliphatic heterocycles. The fourth-order valence-electron chi connectivity index (χ4n) is 2.14. The highest BCUT2D eigenvalue weighted by molar-refractivity contribution is 14.1. The lowest BCUT2D eigenvalue weighted by molar-refractivity contribution is -0.385. The van der Waals surface area contributed by atoms with Crippen LogP contribution in [0.25, 0.3) is 11.1 Å². The number of carboxylic acids is 2. The number of pyridine rings is 1. The minimum absolute atomic E-state index is 0.116. The highest BCUT2D eigenvalue weighted by Crippen LogP contribution is 2.33. The molecule has 0 unspecified atom stereocenters. The average Bonchev–Trinajstić information content (AvgIpc) is 2.45. The molecule has 2 aromatic rings. The maximum atomic E-state index is 11.9. The van der Waals surface area contributed by atoms with E-state index in [-0.39, 0.29) is 14.8 Å². The van der Waals surface area contributed by atoms with Gasteiger partial charge in [-0.1, -0.05) is 6.07 Å². The quantitative estimate of drug-likeness (QED) is 0.311. The number of rotatable bonds is 4. The number of hydrogen-bond acceptors (Lipinski definition) is 6. The number of nitrogen functional groups attached to an aromatic ring is 1. The van der Waals surface area contributed by atoms with Gasteiger partial charge in [-0.15, -0.1) is 0 Å². The maximum absolute atomic E-state index is 11.9. The number of halogens is 1. The van der Waals surface area contributed by atoms with Crippen LogP contribution in [0.4, 0.5) is 11.5 Å². The molecule has 0 aliphatic rings. The van der Waals surface area contributed by atoms with Crippen molar-refractivity contribution >= 4 is 46.0 Å². The lowest BCUT2D eigenvalue weighted by Crippen LogP contribution is -2.24. The van der Waals surface area contributed by atoms with E-state index in [0.717, 1.165) is 6.07 Å². The van der Waals surface area contributed by atoms with E-state index >= 15 is 0 Å². The molecule has 0 saturated carbocycles. The number of carboxylic acid groups (broad SMARTS) is 2. The average molecular weight is 445 g/mol. The number of aromatic carboxylic acids is 2. The van der Waals surface area contributed by atoms with Gasteiger partial charge in [-0.3, -0.25) is 14.9 Å². The second kappa shape index (κ2) is 6.27. The first-order valence-corrected chi connectivity index (χ1v) is 7.19. The Morgan fingerprint density at radius 1 is 1.21 bits per heavy atom. The van der Waals surface area contributed by atoms with Crippen LogP contribution in [0.3, 0.4) is 0 Å². The standard InChI is InChI=1S/C13H8IN3O7/c14-5-2-1-4(3-6(5)17(23)24)7-8(12(19)20)10(15)16-11(18)9(7)13(21)22/h1-3H,(H,19,20)(H,21,22)(H3,15,16,18). The van der Waals surface area contributed by atoms with E-state index in [0.29, 0.717) is 0 Å². The Labute approximate surface area is 146 Å². The zero-order valence-electron chi connectivity index (χ0n) is 11.6. The first-order valence-electron chi connectivity index (χ1n) is 6.11. The van der Waals surface area contributed by atoms with Crippen molar-refractivity contribution < 1.29 is 24.7 Å². The number of carbonyl (C=O) groups is 2. The summed E-state index contributed by atoms with van der Waals surface area (Å²) in [5.74, 6) is -3.81. The first kappa shape index (κ1) is 17.4. The number of anilines is 1. The molecule has 0 radical (unpaired) electrons. The highest BCUT2D eigenvalue weighted by Gasteiger charge is 2.27. The van der Waals surface area contributed by atoms with Crippen molar-refractivity contribution in [2.45, 2.75) is 0 Å².